The Balaban J connectivity index is 1.68. The van der Waals surface area contributed by atoms with Gasteiger partial charge in [0.1, 0.15) is 5.82 Å². The van der Waals surface area contributed by atoms with Crippen LogP contribution >= 0.6 is 0 Å². The SMILES string of the molecule is Cc1ccnc(NCCNC2CC2)c1. The third kappa shape index (κ3) is 3.00. The summed E-state index contributed by atoms with van der Waals surface area (Å²) in [6.45, 7) is 4.06. The summed E-state index contributed by atoms with van der Waals surface area (Å²) in [5, 5.41) is 6.75. The van der Waals surface area contributed by atoms with Gasteiger partial charge in [-0.2, -0.15) is 0 Å². The molecule has 3 heteroatoms. The van der Waals surface area contributed by atoms with E-state index in [2.05, 4.69) is 28.6 Å². The first-order valence-corrected chi connectivity index (χ1v) is 5.24. The molecule has 0 aliphatic heterocycles. The van der Waals surface area contributed by atoms with Crippen LogP contribution in [-0.2, 0) is 0 Å². The molecule has 0 bridgehead atoms. The van der Waals surface area contributed by atoms with Crippen molar-refractivity contribution >= 4 is 5.82 Å². The highest BCUT2D eigenvalue weighted by molar-refractivity contribution is 5.36. The summed E-state index contributed by atoms with van der Waals surface area (Å²) in [4.78, 5) is 4.23. The lowest BCUT2D eigenvalue weighted by Gasteiger charge is -2.06. The fourth-order valence-electron chi connectivity index (χ4n) is 1.39. The lowest BCUT2D eigenvalue weighted by atomic mass is 10.3. The summed E-state index contributed by atoms with van der Waals surface area (Å²) in [5.41, 5.74) is 1.25. The summed E-state index contributed by atoms with van der Waals surface area (Å²) in [6.07, 6.45) is 4.54. The van der Waals surface area contributed by atoms with Gasteiger partial charge < -0.3 is 10.6 Å². The Labute approximate surface area is 84.9 Å². The second-order valence-corrected chi connectivity index (χ2v) is 3.87. The number of hydrogen-bond acceptors (Lipinski definition) is 3. The Morgan fingerprint density at radius 1 is 1.43 bits per heavy atom. The Morgan fingerprint density at radius 3 is 3.00 bits per heavy atom. The van der Waals surface area contributed by atoms with Crippen LogP contribution in [0, 0.1) is 6.92 Å². The summed E-state index contributed by atoms with van der Waals surface area (Å²) in [6, 6.07) is 4.87. The molecule has 0 unspecified atom stereocenters. The molecule has 1 aromatic rings. The third-order valence-electron chi connectivity index (χ3n) is 2.36. The number of aromatic nitrogens is 1. The Hall–Kier alpha value is -1.09. The fraction of sp³-hybridized carbons (Fsp3) is 0.545. The minimum Gasteiger partial charge on any atom is -0.369 e. The molecule has 0 aromatic carbocycles. The van der Waals surface area contributed by atoms with Crippen LogP contribution in [0.5, 0.6) is 0 Å². The molecule has 0 spiro atoms. The largest absolute Gasteiger partial charge is 0.369 e. The summed E-state index contributed by atoms with van der Waals surface area (Å²) >= 11 is 0. The van der Waals surface area contributed by atoms with Crippen LogP contribution in [0.25, 0.3) is 0 Å². The summed E-state index contributed by atoms with van der Waals surface area (Å²) < 4.78 is 0. The van der Waals surface area contributed by atoms with E-state index in [1.807, 2.05) is 12.3 Å². The van der Waals surface area contributed by atoms with E-state index in [0.29, 0.717) is 0 Å². The van der Waals surface area contributed by atoms with Gasteiger partial charge in [-0.15, -0.1) is 0 Å². The standard InChI is InChI=1S/C11H17N3/c1-9-4-5-13-11(8-9)14-7-6-12-10-2-3-10/h4-5,8,10,12H,2-3,6-7H2,1H3,(H,13,14). The van der Waals surface area contributed by atoms with E-state index in [9.17, 15) is 0 Å². The van der Waals surface area contributed by atoms with Crippen molar-refractivity contribution in [3.63, 3.8) is 0 Å². The average Bonchev–Trinajstić information content (AvgIpc) is 2.96. The van der Waals surface area contributed by atoms with Gasteiger partial charge in [-0.05, 0) is 37.5 Å². The molecule has 1 saturated carbocycles. The molecule has 1 aromatic heterocycles. The zero-order valence-corrected chi connectivity index (χ0v) is 8.59. The van der Waals surface area contributed by atoms with E-state index < -0.39 is 0 Å². The van der Waals surface area contributed by atoms with Gasteiger partial charge in [-0.3, -0.25) is 0 Å². The zero-order chi connectivity index (χ0) is 9.80. The second kappa shape index (κ2) is 4.42. The fourth-order valence-corrected chi connectivity index (χ4v) is 1.39. The highest BCUT2D eigenvalue weighted by atomic mass is 15.0. The molecular weight excluding hydrogens is 174 g/mol. The van der Waals surface area contributed by atoms with Crippen molar-refractivity contribution in [3.05, 3.63) is 23.9 Å². The number of nitrogens with zero attached hydrogens (tertiary/aromatic N) is 1. The van der Waals surface area contributed by atoms with Gasteiger partial charge in [0.15, 0.2) is 0 Å². The second-order valence-electron chi connectivity index (χ2n) is 3.87. The molecular formula is C11H17N3. The minimum atomic E-state index is 0.794. The third-order valence-corrected chi connectivity index (χ3v) is 2.36. The Morgan fingerprint density at radius 2 is 2.29 bits per heavy atom. The molecule has 1 heterocycles. The quantitative estimate of drug-likeness (QED) is 0.693. The van der Waals surface area contributed by atoms with E-state index >= 15 is 0 Å². The lowest BCUT2D eigenvalue weighted by Crippen LogP contribution is -2.24. The van der Waals surface area contributed by atoms with Gasteiger partial charge in [0.05, 0.1) is 0 Å². The van der Waals surface area contributed by atoms with Crippen molar-refractivity contribution in [2.45, 2.75) is 25.8 Å². The normalized spacial score (nSPS) is 15.5. The van der Waals surface area contributed by atoms with Gasteiger partial charge >= 0.3 is 0 Å². The molecule has 0 saturated heterocycles. The molecule has 1 fully saturated rings. The molecule has 0 atom stereocenters. The highest BCUT2D eigenvalue weighted by Crippen LogP contribution is 2.17. The first-order chi connectivity index (χ1) is 6.84. The average molecular weight is 191 g/mol. The maximum absolute atomic E-state index is 4.23. The first kappa shape index (κ1) is 9.46. The van der Waals surface area contributed by atoms with Crippen molar-refractivity contribution in [3.8, 4) is 0 Å². The smallest absolute Gasteiger partial charge is 0.126 e. The number of aryl methyl sites for hydroxylation is 1. The van der Waals surface area contributed by atoms with Crippen LogP contribution in [0.1, 0.15) is 18.4 Å². The molecule has 1 aliphatic carbocycles. The van der Waals surface area contributed by atoms with Gasteiger partial charge in [0.2, 0.25) is 0 Å². The summed E-state index contributed by atoms with van der Waals surface area (Å²) in [5.74, 6) is 0.975. The van der Waals surface area contributed by atoms with E-state index in [-0.39, 0.29) is 0 Å². The van der Waals surface area contributed by atoms with Crippen LogP contribution < -0.4 is 10.6 Å². The molecule has 14 heavy (non-hydrogen) atoms. The van der Waals surface area contributed by atoms with E-state index in [1.54, 1.807) is 0 Å². The van der Waals surface area contributed by atoms with Crippen LogP contribution in [0.2, 0.25) is 0 Å². The Bertz CT molecular complexity index is 294. The van der Waals surface area contributed by atoms with Crippen LogP contribution in [0.4, 0.5) is 5.82 Å². The van der Waals surface area contributed by atoms with Gasteiger partial charge in [0, 0.05) is 25.3 Å². The van der Waals surface area contributed by atoms with Gasteiger partial charge in [0.25, 0.3) is 0 Å². The minimum absolute atomic E-state index is 0.794. The van der Waals surface area contributed by atoms with Crippen molar-refractivity contribution in [1.29, 1.82) is 0 Å². The maximum Gasteiger partial charge on any atom is 0.126 e. The molecule has 1 aliphatic rings. The number of hydrogen-bond donors (Lipinski definition) is 2. The molecule has 3 nitrogen and oxygen atoms in total. The summed E-state index contributed by atoms with van der Waals surface area (Å²) in [7, 11) is 0. The maximum atomic E-state index is 4.23. The zero-order valence-electron chi connectivity index (χ0n) is 8.59. The topological polar surface area (TPSA) is 37.0 Å². The predicted octanol–water partition coefficient (Wildman–Crippen LogP) is 1.55. The predicted molar refractivity (Wildman–Crippen MR) is 58.5 cm³/mol. The van der Waals surface area contributed by atoms with E-state index in [4.69, 9.17) is 0 Å². The lowest BCUT2D eigenvalue weighted by molar-refractivity contribution is 0.700. The van der Waals surface area contributed by atoms with Crippen LogP contribution in [0.15, 0.2) is 18.3 Å². The molecule has 0 radical (unpaired) electrons. The van der Waals surface area contributed by atoms with Crippen molar-refractivity contribution in [2.75, 3.05) is 18.4 Å². The van der Waals surface area contributed by atoms with Crippen LogP contribution in [-0.4, -0.2) is 24.1 Å². The number of nitrogens with one attached hydrogen (secondary N) is 2. The van der Waals surface area contributed by atoms with E-state index in [0.717, 1.165) is 24.9 Å². The number of pyridine rings is 1. The molecule has 2 N–H and O–H groups in total. The highest BCUT2D eigenvalue weighted by Gasteiger charge is 2.19. The number of anilines is 1. The molecule has 76 valence electrons. The molecule has 0 amide bonds. The van der Waals surface area contributed by atoms with E-state index in [1.165, 1.54) is 18.4 Å². The Kier molecular flexibility index (Phi) is 2.99. The monoisotopic (exact) mass is 191 g/mol. The van der Waals surface area contributed by atoms with Crippen molar-refractivity contribution in [2.24, 2.45) is 0 Å². The van der Waals surface area contributed by atoms with Gasteiger partial charge in [-0.1, -0.05) is 0 Å². The first-order valence-electron chi connectivity index (χ1n) is 5.24. The van der Waals surface area contributed by atoms with Crippen molar-refractivity contribution in [1.82, 2.24) is 10.3 Å². The molecule has 2 rings (SSSR count). The van der Waals surface area contributed by atoms with Crippen molar-refractivity contribution < 1.29 is 0 Å². The van der Waals surface area contributed by atoms with Gasteiger partial charge in [-0.25, -0.2) is 4.98 Å². The van der Waals surface area contributed by atoms with Crippen LogP contribution in [0.3, 0.4) is 0 Å². The number of rotatable bonds is 5.